The summed E-state index contributed by atoms with van der Waals surface area (Å²) >= 11 is 0. The van der Waals surface area contributed by atoms with Crippen molar-refractivity contribution in [1.29, 1.82) is 5.26 Å². The van der Waals surface area contributed by atoms with Crippen LogP contribution in [0.4, 0.5) is 0 Å². The van der Waals surface area contributed by atoms with Crippen molar-refractivity contribution in [3.8, 4) is 6.07 Å². The van der Waals surface area contributed by atoms with Crippen LogP contribution in [0.1, 0.15) is 24.8 Å². The average molecular weight is 258 g/mol. The Morgan fingerprint density at radius 2 is 2.16 bits per heavy atom. The number of amides is 1. The topological polar surface area (TPSA) is 64.3 Å². The van der Waals surface area contributed by atoms with Crippen LogP contribution in [-0.2, 0) is 4.79 Å². The number of likely N-dealkylation sites (tertiary alicyclic amines) is 1. The lowest BCUT2D eigenvalue weighted by molar-refractivity contribution is -0.135. The highest BCUT2D eigenvalue weighted by molar-refractivity contribution is 5.86. The van der Waals surface area contributed by atoms with E-state index in [0.717, 1.165) is 5.56 Å². The summed E-state index contributed by atoms with van der Waals surface area (Å²) < 4.78 is 0. The van der Waals surface area contributed by atoms with Gasteiger partial charge < -0.3 is 10.0 Å². The van der Waals surface area contributed by atoms with Crippen molar-refractivity contribution in [3.63, 3.8) is 0 Å². The molecule has 1 amide bonds. The zero-order valence-electron chi connectivity index (χ0n) is 11.0. The average Bonchev–Trinajstić information content (AvgIpc) is 2.44. The molecule has 3 atom stereocenters. The van der Waals surface area contributed by atoms with Crippen LogP contribution < -0.4 is 0 Å². The van der Waals surface area contributed by atoms with Crippen LogP contribution >= 0.6 is 0 Å². The van der Waals surface area contributed by atoms with E-state index in [9.17, 15) is 15.2 Å². The van der Waals surface area contributed by atoms with Crippen molar-refractivity contribution < 1.29 is 9.90 Å². The Balaban J connectivity index is 2.12. The van der Waals surface area contributed by atoms with Gasteiger partial charge in [-0.25, -0.2) is 0 Å². The fraction of sp³-hybridized carbons (Fsp3) is 0.467. The predicted octanol–water partition coefficient (Wildman–Crippen LogP) is 1.52. The van der Waals surface area contributed by atoms with Crippen LogP contribution in [-0.4, -0.2) is 35.1 Å². The standard InChI is InChI=1S/C15H18N2O2/c1-11-10-17(8-7-14(11)18)15(19)13(9-16)12-5-3-2-4-6-12/h2-6,11,13-14,18H,7-8,10H2,1H3. The Morgan fingerprint density at radius 1 is 1.47 bits per heavy atom. The van der Waals surface area contributed by atoms with E-state index >= 15 is 0 Å². The zero-order chi connectivity index (χ0) is 13.8. The van der Waals surface area contributed by atoms with Crippen LogP contribution in [0.2, 0.25) is 0 Å². The van der Waals surface area contributed by atoms with E-state index in [2.05, 4.69) is 6.07 Å². The first-order valence-electron chi connectivity index (χ1n) is 6.55. The zero-order valence-corrected chi connectivity index (χ0v) is 11.0. The van der Waals surface area contributed by atoms with Crippen molar-refractivity contribution >= 4 is 5.91 Å². The van der Waals surface area contributed by atoms with Gasteiger partial charge in [0, 0.05) is 13.1 Å². The molecule has 1 aliphatic rings. The first-order valence-corrected chi connectivity index (χ1v) is 6.55. The molecule has 0 saturated carbocycles. The maximum Gasteiger partial charge on any atom is 0.244 e. The summed E-state index contributed by atoms with van der Waals surface area (Å²) in [6.45, 7) is 2.97. The molecule has 2 rings (SSSR count). The fourth-order valence-electron chi connectivity index (χ4n) is 2.43. The summed E-state index contributed by atoms with van der Waals surface area (Å²) in [6.07, 6.45) is 0.237. The number of benzene rings is 1. The van der Waals surface area contributed by atoms with Crippen molar-refractivity contribution in [2.75, 3.05) is 13.1 Å². The first-order chi connectivity index (χ1) is 9.13. The maximum absolute atomic E-state index is 12.4. The normalized spacial score (nSPS) is 24.6. The third-order valence-electron chi connectivity index (χ3n) is 3.68. The molecule has 1 fully saturated rings. The molecule has 4 heteroatoms. The molecule has 100 valence electrons. The summed E-state index contributed by atoms with van der Waals surface area (Å²) in [5, 5.41) is 18.9. The van der Waals surface area contributed by atoms with Crippen LogP contribution in [0.5, 0.6) is 0 Å². The number of rotatable bonds is 2. The predicted molar refractivity (Wildman–Crippen MR) is 71.2 cm³/mol. The molecule has 1 heterocycles. The molecule has 0 radical (unpaired) electrons. The smallest absolute Gasteiger partial charge is 0.244 e. The van der Waals surface area contributed by atoms with Crippen LogP contribution in [0.3, 0.4) is 0 Å². The monoisotopic (exact) mass is 258 g/mol. The molecule has 3 unspecified atom stereocenters. The number of carbonyl (C=O) groups excluding carboxylic acids is 1. The molecule has 0 spiro atoms. The second-order valence-electron chi connectivity index (χ2n) is 5.09. The van der Waals surface area contributed by atoms with Gasteiger partial charge in [-0.2, -0.15) is 5.26 Å². The SMILES string of the molecule is CC1CN(C(=O)C(C#N)c2ccccc2)CCC1O. The number of aliphatic hydroxyl groups is 1. The summed E-state index contributed by atoms with van der Waals surface area (Å²) in [7, 11) is 0. The van der Waals surface area contributed by atoms with E-state index < -0.39 is 5.92 Å². The third kappa shape index (κ3) is 2.94. The minimum atomic E-state index is -0.747. The van der Waals surface area contributed by atoms with Gasteiger partial charge in [-0.3, -0.25) is 4.79 Å². The van der Waals surface area contributed by atoms with E-state index in [0.29, 0.717) is 19.5 Å². The number of piperidine rings is 1. The Morgan fingerprint density at radius 3 is 2.74 bits per heavy atom. The number of carbonyl (C=O) groups is 1. The van der Waals surface area contributed by atoms with E-state index in [1.54, 1.807) is 17.0 Å². The van der Waals surface area contributed by atoms with Gasteiger partial charge in [-0.15, -0.1) is 0 Å². The van der Waals surface area contributed by atoms with Crippen molar-refractivity contribution in [2.24, 2.45) is 5.92 Å². The van der Waals surface area contributed by atoms with E-state index in [4.69, 9.17) is 0 Å². The molecule has 0 bridgehead atoms. The molecular formula is C15H18N2O2. The van der Waals surface area contributed by atoms with Crippen LogP contribution in [0.25, 0.3) is 0 Å². The minimum Gasteiger partial charge on any atom is -0.393 e. The maximum atomic E-state index is 12.4. The van der Waals surface area contributed by atoms with Gasteiger partial charge >= 0.3 is 0 Å². The molecule has 1 aromatic carbocycles. The quantitative estimate of drug-likeness (QED) is 0.874. The number of hydrogen-bond donors (Lipinski definition) is 1. The number of nitrogens with zero attached hydrogens (tertiary/aromatic N) is 2. The minimum absolute atomic E-state index is 0.0628. The highest BCUT2D eigenvalue weighted by Crippen LogP contribution is 2.22. The Kier molecular flexibility index (Phi) is 4.18. The molecular weight excluding hydrogens is 240 g/mol. The van der Waals surface area contributed by atoms with Crippen molar-refractivity contribution in [1.82, 2.24) is 4.90 Å². The molecule has 1 N–H and O–H groups in total. The highest BCUT2D eigenvalue weighted by Gasteiger charge is 2.31. The Labute approximate surface area is 113 Å². The van der Waals surface area contributed by atoms with E-state index in [1.807, 2.05) is 25.1 Å². The molecule has 4 nitrogen and oxygen atoms in total. The van der Waals surface area contributed by atoms with E-state index in [1.165, 1.54) is 0 Å². The lowest BCUT2D eigenvalue weighted by Gasteiger charge is -2.35. The third-order valence-corrected chi connectivity index (χ3v) is 3.68. The lowest BCUT2D eigenvalue weighted by atomic mass is 9.93. The van der Waals surface area contributed by atoms with Gasteiger partial charge in [0.1, 0.15) is 5.92 Å². The summed E-state index contributed by atoms with van der Waals surface area (Å²) in [5.74, 6) is -0.844. The first kappa shape index (κ1) is 13.6. The number of aliphatic hydroxyl groups excluding tert-OH is 1. The van der Waals surface area contributed by atoms with Crippen LogP contribution in [0.15, 0.2) is 30.3 Å². The highest BCUT2D eigenvalue weighted by atomic mass is 16.3. The van der Waals surface area contributed by atoms with Crippen molar-refractivity contribution in [3.05, 3.63) is 35.9 Å². The largest absolute Gasteiger partial charge is 0.393 e. The van der Waals surface area contributed by atoms with Gasteiger partial charge in [0.25, 0.3) is 0 Å². The Bertz CT molecular complexity index is 481. The van der Waals surface area contributed by atoms with E-state index in [-0.39, 0.29) is 17.9 Å². The Hall–Kier alpha value is -1.86. The van der Waals surface area contributed by atoms with Crippen molar-refractivity contribution in [2.45, 2.75) is 25.4 Å². The number of nitriles is 1. The molecule has 1 aliphatic heterocycles. The molecule has 0 aromatic heterocycles. The van der Waals surface area contributed by atoms with Gasteiger partial charge in [-0.05, 0) is 17.9 Å². The molecule has 1 aromatic rings. The lowest BCUT2D eigenvalue weighted by Crippen LogP contribution is -2.46. The van der Waals surface area contributed by atoms with Gasteiger partial charge in [0.2, 0.25) is 5.91 Å². The van der Waals surface area contributed by atoms with Gasteiger partial charge in [0.15, 0.2) is 0 Å². The second-order valence-corrected chi connectivity index (χ2v) is 5.09. The fourth-order valence-corrected chi connectivity index (χ4v) is 2.43. The van der Waals surface area contributed by atoms with Crippen LogP contribution in [0, 0.1) is 17.2 Å². The summed E-state index contributed by atoms with van der Waals surface area (Å²) in [5.41, 5.74) is 0.730. The van der Waals surface area contributed by atoms with Gasteiger partial charge in [0.05, 0.1) is 12.2 Å². The molecule has 0 aliphatic carbocycles. The molecule has 1 saturated heterocycles. The second kappa shape index (κ2) is 5.85. The number of hydrogen-bond acceptors (Lipinski definition) is 3. The summed E-state index contributed by atoms with van der Waals surface area (Å²) in [6, 6.07) is 11.2. The molecule has 19 heavy (non-hydrogen) atoms. The van der Waals surface area contributed by atoms with Gasteiger partial charge in [-0.1, -0.05) is 37.3 Å². The summed E-state index contributed by atoms with van der Waals surface area (Å²) in [4.78, 5) is 14.1.